The fourth-order valence-corrected chi connectivity index (χ4v) is 3.07. The lowest BCUT2D eigenvalue weighted by Gasteiger charge is -2.10. The molecule has 2 aromatic carbocycles. The molecular formula is C15H16FNO2S. The van der Waals surface area contributed by atoms with Crippen LogP contribution in [0.1, 0.15) is 18.1 Å². The van der Waals surface area contributed by atoms with Crippen molar-refractivity contribution in [2.24, 2.45) is 0 Å². The first kappa shape index (κ1) is 14.7. The number of hydrogen-bond donors (Lipinski definition) is 1. The number of rotatable bonds is 5. The lowest BCUT2D eigenvalue weighted by atomic mass is 10.1. The van der Waals surface area contributed by atoms with Crippen molar-refractivity contribution in [1.82, 2.24) is 4.72 Å². The lowest BCUT2D eigenvalue weighted by molar-refractivity contribution is 0.556. The first-order chi connectivity index (χ1) is 9.54. The summed E-state index contributed by atoms with van der Waals surface area (Å²) in [5.74, 6) is -0.747. The second-order valence-corrected chi connectivity index (χ2v) is 6.11. The van der Waals surface area contributed by atoms with E-state index in [0.717, 1.165) is 23.6 Å². The highest BCUT2D eigenvalue weighted by Gasteiger charge is 2.18. The number of benzene rings is 2. The first-order valence-electron chi connectivity index (χ1n) is 6.35. The third-order valence-electron chi connectivity index (χ3n) is 3.08. The summed E-state index contributed by atoms with van der Waals surface area (Å²) in [6.07, 6.45) is 0.817. The monoisotopic (exact) mass is 293 g/mol. The Morgan fingerprint density at radius 3 is 2.25 bits per heavy atom. The van der Waals surface area contributed by atoms with E-state index in [0.29, 0.717) is 0 Å². The Hall–Kier alpha value is -1.72. The van der Waals surface area contributed by atoms with Crippen LogP contribution in [0.5, 0.6) is 0 Å². The van der Waals surface area contributed by atoms with Crippen LogP contribution >= 0.6 is 0 Å². The number of aryl methyl sites for hydroxylation is 1. The van der Waals surface area contributed by atoms with Gasteiger partial charge in [0, 0.05) is 6.54 Å². The van der Waals surface area contributed by atoms with Gasteiger partial charge in [0.1, 0.15) is 10.7 Å². The van der Waals surface area contributed by atoms with Gasteiger partial charge in [-0.2, -0.15) is 0 Å². The van der Waals surface area contributed by atoms with E-state index in [4.69, 9.17) is 0 Å². The minimum Gasteiger partial charge on any atom is -0.207 e. The molecule has 2 aromatic rings. The Bertz CT molecular complexity index is 699. The Morgan fingerprint density at radius 2 is 1.60 bits per heavy atom. The van der Waals surface area contributed by atoms with Gasteiger partial charge in [0.2, 0.25) is 10.0 Å². The number of hydrogen-bond acceptors (Lipinski definition) is 2. The van der Waals surface area contributed by atoms with Gasteiger partial charge < -0.3 is 0 Å². The fraction of sp³-hybridized carbons (Fsp3) is 0.200. The lowest BCUT2D eigenvalue weighted by Crippen LogP contribution is -2.24. The minimum absolute atomic E-state index is 0.153. The maximum absolute atomic E-state index is 13.5. The molecule has 0 fully saturated rings. The highest BCUT2D eigenvalue weighted by molar-refractivity contribution is 7.89. The van der Waals surface area contributed by atoms with Crippen molar-refractivity contribution in [2.75, 3.05) is 0 Å². The molecule has 106 valence electrons. The zero-order chi connectivity index (χ0) is 14.6. The molecule has 2 rings (SSSR count). The molecule has 0 saturated heterocycles. The SMILES string of the molecule is CCc1ccccc1CNS(=O)(=O)c1ccccc1F. The summed E-state index contributed by atoms with van der Waals surface area (Å²) in [4.78, 5) is -0.325. The van der Waals surface area contributed by atoms with Crippen molar-refractivity contribution in [3.05, 3.63) is 65.5 Å². The maximum Gasteiger partial charge on any atom is 0.243 e. The Kier molecular flexibility index (Phi) is 4.52. The smallest absolute Gasteiger partial charge is 0.207 e. The van der Waals surface area contributed by atoms with Crippen molar-refractivity contribution < 1.29 is 12.8 Å². The molecule has 3 nitrogen and oxygen atoms in total. The fourth-order valence-electron chi connectivity index (χ4n) is 1.99. The molecule has 0 aliphatic heterocycles. The van der Waals surface area contributed by atoms with Crippen LogP contribution in [-0.2, 0) is 23.0 Å². The summed E-state index contributed by atoms with van der Waals surface area (Å²) in [6.45, 7) is 2.16. The molecule has 0 unspecified atom stereocenters. The zero-order valence-corrected chi connectivity index (χ0v) is 12.0. The van der Waals surface area contributed by atoms with Crippen LogP contribution in [-0.4, -0.2) is 8.42 Å². The average Bonchev–Trinajstić information content (AvgIpc) is 2.46. The van der Waals surface area contributed by atoms with Crippen molar-refractivity contribution in [3.63, 3.8) is 0 Å². The first-order valence-corrected chi connectivity index (χ1v) is 7.84. The van der Waals surface area contributed by atoms with E-state index in [1.54, 1.807) is 0 Å². The molecule has 0 spiro atoms. The molecule has 0 aliphatic carbocycles. The average molecular weight is 293 g/mol. The van der Waals surface area contributed by atoms with Crippen LogP contribution < -0.4 is 4.72 Å². The second-order valence-electron chi connectivity index (χ2n) is 4.38. The molecule has 0 radical (unpaired) electrons. The van der Waals surface area contributed by atoms with E-state index < -0.39 is 15.8 Å². The molecule has 20 heavy (non-hydrogen) atoms. The topological polar surface area (TPSA) is 46.2 Å². The van der Waals surface area contributed by atoms with Crippen LogP contribution in [0.3, 0.4) is 0 Å². The van der Waals surface area contributed by atoms with Crippen LogP contribution in [0.25, 0.3) is 0 Å². The van der Waals surface area contributed by atoms with Crippen molar-refractivity contribution in [2.45, 2.75) is 24.8 Å². The van der Waals surface area contributed by atoms with Crippen molar-refractivity contribution in [1.29, 1.82) is 0 Å². The Morgan fingerprint density at radius 1 is 1.00 bits per heavy atom. The molecule has 0 heterocycles. The van der Waals surface area contributed by atoms with Crippen LogP contribution in [0.4, 0.5) is 4.39 Å². The summed E-state index contributed by atoms with van der Waals surface area (Å²) in [5.41, 5.74) is 1.97. The summed E-state index contributed by atoms with van der Waals surface area (Å²) < 4.78 is 40.1. The summed E-state index contributed by atoms with van der Waals surface area (Å²) >= 11 is 0. The van der Waals surface area contributed by atoms with Crippen molar-refractivity contribution >= 4 is 10.0 Å². The van der Waals surface area contributed by atoms with Gasteiger partial charge in [0.05, 0.1) is 0 Å². The number of nitrogens with one attached hydrogen (secondary N) is 1. The van der Waals surface area contributed by atoms with Gasteiger partial charge in [-0.25, -0.2) is 17.5 Å². The molecule has 0 atom stereocenters. The van der Waals surface area contributed by atoms with E-state index in [2.05, 4.69) is 4.72 Å². The largest absolute Gasteiger partial charge is 0.243 e. The standard InChI is InChI=1S/C15H16FNO2S/c1-2-12-7-3-4-8-13(12)11-17-20(18,19)15-10-6-5-9-14(15)16/h3-10,17H,2,11H2,1H3. The van der Waals surface area contributed by atoms with E-state index in [9.17, 15) is 12.8 Å². The molecule has 1 N–H and O–H groups in total. The number of halogens is 1. The molecule has 0 amide bonds. The number of sulfonamides is 1. The molecule has 0 aliphatic rings. The van der Waals surface area contributed by atoms with Crippen molar-refractivity contribution in [3.8, 4) is 0 Å². The molecule has 0 aromatic heterocycles. The molecule has 0 saturated carbocycles. The quantitative estimate of drug-likeness (QED) is 0.921. The summed E-state index contributed by atoms with van der Waals surface area (Å²) in [6, 6.07) is 12.9. The third-order valence-corrected chi connectivity index (χ3v) is 4.51. The molecular weight excluding hydrogens is 277 g/mol. The van der Waals surface area contributed by atoms with Gasteiger partial charge in [0.25, 0.3) is 0 Å². The van der Waals surface area contributed by atoms with E-state index in [1.165, 1.54) is 18.2 Å². The highest BCUT2D eigenvalue weighted by atomic mass is 32.2. The maximum atomic E-state index is 13.5. The Labute approximate surface area is 118 Å². The normalized spacial score (nSPS) is 11.5. The second kappa shape index (κ2) is 6.15. The zero-order valence-electron chi connectivity index (χ0n) is 11.1. The predicted octanol–water partition coefficient (Wildman–Crippen LogP) is 2.87. The third kappa shape index (κ3) is 3.23. The van der Waals surface area contributed by atoms with Gasteiger partial charge in [-0.15, -0.1) is 0 Å². The van der Waals surface area contributed by atoms with Crippen LogP contribution in [0.2, 0.25) is 0 Å². The van der Waals surface area contributed by atoms with E-state index in [-0.39, 0.29) is 11.4 Å². The minimum atomic E-state index is -3.84. The van der Waals surface area contributed by atoms with Gasteiger partial charge in [-0.05, 0) is 29.7 Å². The van der Waals surface area contributed by atoms with Crippen LogP contribution in [0, 0.1) is 5.82 Å². The predicted molar refractivity (Wildman–Crippen MR) is 76.2 cm³/mol. The van der Waals surface area contributed by atoms with E-state index >= 15 is 0 Å². The highest BCUT2D eigenvalue weighted by Crippen LogP contribution is 2.15. The summed E-state index contributed by atoms with van der Waals surface area (Å²) in [5, 5.41) is 0. The van der Waals surface area contributed by atoms with Gasteiger partial charge >= 0.3 is 0 Å². The van der Waals surface area contributed by atoms with Gasteiger partial charge in [-0.1, -0.05) is 43.3 Å². The summed E-state index contributed by atoms with van der Waals surface area (Å²) in [7, 11) is -3.84. The van der Waals surface area contributed by atoms with E-state index in [1.807, 2.05) is 31.2 Å². The van der Waals surface area contributed by atoms with Crippen LogP contribution in [0.15, 0.2) is 53.4 Å². The van der Waals surface area contributed by atoms with Gasteiger partial charge in [0.15, 0.2) is 0 Å². The molecule has 0 bridgehead atoms. The Balaban J connectivity index is 2.20. The molecule has 5 heteroatoms. The van der Waals surface area contributed by atoms with Gasteiger partial charge in [-0.3, -0.25) is 0 Å².